The van der Waals surface area contributed by atoms with Gasteiger partial charge in [-0.1, -0.05) is 18.2 Å². The number of para-hydroxylation sites is 1. The topological polar surface area (TPSA) is 20.3 Å². The Kier molecular flexibility index (Phi) is 2.71. The third kappa shape index (κ3) is 1.99. The SMILES string of the molecule is O=CC1CCC2=C(C1)CN(c1ccccc1)C2. The molecule has 1 aliphatic heterocycles. The third-order valence-electron chi connectivity index (χ3n) is 3.90. The molecule has 0 saturated carbocycles. The first-order valence-corrected chi connectivity index (χ1v) is 6.32. The van der Waals surface area contributed by atoms with Crippen molar-refractivity contribution in [2.45, 2.75) is 19.3 Å². The summed E-state index contributed by atoms with van der Waals surface area (Å²) in [6.07, 6.45) is 4.28. The van der Waals surface area contributed by atoms with Crippen molar-refractivity contribution in [3.05, 3.63) is 41.5 Å². The lowest BCUT2D eigenvalue weighted by molar-refractivity contribution is -0.111. The fraction of sp³-hybridized carbons (Fsp3) is 0.400. The highest BCUT2D eigenvalue weighted by molar-refractivity contribution is 5.58. The van der Waals surface area contributed by atoms with Crippen LogP contribution >= 0.6 is 0 Å². The van der Waals surface area contributed by atoms with Crippen LogP contribution in [0.25, 0.3) is 0 Å². The minimum absolute atomic E-state index is 0.268. The van der Waals surface area contributed by atoms with Crippen molar-refractivity contribution in [1.29, 1.82) is 0 Å². The van der Waals surface area contributed by atoms with E-state index in [2.05, 4.69) is 35.2 Å². The van der Waals surface area contributed by atoms with E-state index in [1.54, 1.807) is 5.57 Å². The van der Waals surface area contributed by atoms with Crippen LogP contribution in [0.15, 0.2) is 41.5 Å². The Bertz CT molecular complexity index is 449. The van der Waals surface area contributed by atoms with Gasteiger partial charge < -0.3 is 9.69 Å². The number of anilines is 1. The van der Waals surface area contributed by atoms with Gasteiger partial charge in [-0.15, -0.1) is 0 Å². The van der Waals surface area contributed by atoms with Gasteiger partial charge in [0, 0.05) is 24.7 Å². The first-order valence-electron chi connectivity index (χ1n) is 6.32. The maximum Gasteiger partial charge on any atom is 0.123 e. The second-order valence-corrected chi connectivity index (χ2v) is 5.04. The minimum atomic E-state index is 0.268. The molecule has 1 atom stereocenters. The van der Waals surface area contributed by atoms with E-state index in [-0.39, 0.29) is 5.92 Å². The molecule has 0 saturated heterocycles. The van der Waals surface area contributed by atoms with Crippen molar-refractivity contribution in [2.24, 2.45) is 5.92 Å². The third-order valence-corrected chi connectivity index (χ3v) is 3.90. The molecule has 0 bridgehead atoms. The molecule has 0 spiro atoms. The molecule has 0 amide bonds. The summed E-state index contributed by atoms with van der Waals surface area (Å²) < 4.78 is 0. The average Bonchev–Trinajstić information content (AvgIpc) is 2.82. The van der Waals surface area contributed by atoms with Crippen molar-refractivity contribution >= 4 is 12.0 Å². The van der Waals surface area contributed by atoms with Crippen LogP contribution in [0.4, 0.5) is 5.69 Å². The van der Waals surface area contributed by atoms with Crippen LogP contribution in [0.5, 0.6) is 0 Å². The van der Waals surface area contributed by atoms with E-state index in [0.29, 0.717) is 0 Å². The highest BCUT2D eigenvalue weighted by atomic mass is 16.1. The second kappa shape index (κ2) is 4.36. The van der Waals surface area contributed by atoms with Gasteiger partial charge in [0.2, 0.25) is 0 Å². The zero-order valence-corrected chi connectivity index (χ0v) is 9.93. The van der Waals surface area contributed by atoms with Gasteiger partial charge in [0.1, 0.15) is 6.29 Å². The monoisotopic (exact) mass is 227 g/mol. The van der Waals surface area contributed by atoms with Crippen LogP contribution in [-0.4, -0.2) is 19.4 Å². The van der Waals surface area contributed by atoms with Crippen molar-refractivity contribution in [1.82, 2.24) is 0 Å². The van der Waals surface area contributed by atoms with E-state index in [4.69, 9.17) is 0 Å². The molecule has 2 nitrogen and oxygen atoms in total. The summed E-state index contributed by atoms with van der Waals surface area (Å²) in [5.41, 5.74) is 4.38. The highest BCUT2D eigenvalue weighted by Gasteiger charge is 2.27. The van der Waals surface area contributed by atoms with E-state index >= 15 is 0 Å². The second-order valence-electron chi connectivity index (χ2n) is 5.04. The predicted octanol–water partition coefficient (Wildman–Crippen LogP) is 2.80. The fourth-order valence-corrected chi connectivity index (χ4v) is 2.92. The van der Waals surface area contributed by atoms with Crippen molar-refractivity contribution in [3.8, 4) is 0 Å². The largest absolute Gasteiger partial charge is 0.364 e. The first kappa shape index (κ1) is 10.6. The van der Waals surface area contributed by atoms with Gasteiger partial charge in [-0.25, -0.2) is 0 Å². The van der Waals surface area contributed by atoms with Crippen LogP contribution in [0.2, 0.25) is 0 Å². The normalized spacial score (nSPS) is 23.8. The lowest BCUT2D eigenvalue weighted by atomic mass is 9.86. The van der Waals surface area contributed by atoms with E-state index in [1.807, 2.05) is 0 Å². The maximum absolute atomic E-state index is 10.9. The van der Waals surface area contributed by atoms with Crippen LogP contribution in [0.3, 0.4) is 0 Å². The van der Waals surface area contributed by atoms with Gasteiger partial charge in [-0.3, -0.25) is 0 Å². The summed E-state index contributed by atoms with van der Waals surface area (Å²) in [7, 11) is 0. The Morgan fingerprint density at radius 1 is 1.12 bits per heavy atom. The van der Waals surface area contributed by atoms with Crippen molar-refractivity contribution in [2.75, 3.05) is 18.0 Å². The minimum Gasteiger partial charge on any atom is -0.364 e. The Labute approximate surface area is 102 Å². The van der Waals surface area contributed by atoms with Crippen LogP contribution in [0.1, 0.15) is 19.3 Å². The molecule has 0 aromatic heterocycles. The summed E-state index contributed by atoms with van der Waals surface area (Å²) in [6.45, 7) is 2.08. The number of aldehydes is 1. The van der Waals surface area contributed by atoms with Gasteiger partial charge in [0.15, 0.2) is 0 Å². The van der Waals surface area contributed by atoms with Crippen LogP contribution in [-0.2, 0) is 4.79 Å². The molecule has 1 heterocycles. The van der Waals surface area contributed by atoms with Crippen LogP contribution in [0, 0.1) is 5.92 Å². The van der Waals surface area contributed by atoms with Gasteiger partial charge in [-0.2, -0.15) is 0 Å². The van der Waals surface area contributed by atoms with Crippen molar-refractivity contribution < 1.29 is 4.79 Å². The quantitative estimate of drug-likeness (QED) is 0.572. The molecular weight excluding hydrogens is 210 g/mol. The molecule has 88 valence electrons. The van der Waals surface area contributed by atoms with Crippen molar-refractivity contribution in [3.63, 3.8) is 0 Å². The lowest BCUT2D eigenvalue weighted by Crippen LogP contribution is -2.20. The smallest absolute Gasteiger partial charge is 0.123 e. The molecule has 2 aliphatic rings. The number of nitrogens with zero attached hydrogens (tertiary/aromatic N) is 1. The molecule has 1 aromatic carbocycles. The Morgan fingerprint density at radius 2 is 1.88 bits per heavy atom. The number of hydrogen-bond donors (Lipinski definition) is 0. The predicted molar refractivity (Wildman–Crippen MR) is 69.1 cm³/mol. The van der Waals surface area contributed by atoms with E-state index in [9.17, 15) is 4.79 Å². The summed E-state index contributed by atoms with van der Waals surface area (Å²) in [6, 6.07) is 10.5. The molecule has 0 radical (unpaired) electrons. The number of carbonyl (C=O) groups is 1. The molecule has 1 aliphatic carbocycles. The Balaban J connectivity index is 1.75. The molecular formula is C15H17NO. The van der Waals surface area contributed by atoms with Gasteiger partial charge >= 0.3 is 0 Å². The summed E-state index contributed by atoms with van der Waals surface area (Å²) in [5, 5.41) is 0. The molecule has 17 heavy (non-hydrogen) atoms. The lowest BCUT2D eigenvalue weighted by Gasteiger charge is -2.18. The van der Waals surface area contributed by atoms with Gasteiger partial charge in [-0.05, 0) is 42.5 Å². The molecule has 3 rings (SSSR count). The number of carbonyl (C=O) groups excluding carboxylic acids is 1. The van der Waals surface area contributed by atoms with E-state index < -0.39 is 0 Å². The fourth-order valence-electron chi connectivity index (χ4n) is 2.92. The van der Waals surface area contributed by atoms with E-state index in [1.165, 1.54) is 11.3 Å². The number of benzene rings is 1. The zero-order chi connectivity index (χ0) is 11.7. The summed E-state index contributed by atoms with van der Waals surface area (Å²) in [5.74, 6) is 0.268. The maximum atomic E-state index is 10.9. The molecule has 1 aromatic rings. The summed E-state index contributed by atoms with van der Waals surface area (Å²) in [4.78, 5) is 13.3. The summed E-state index contributed by atoms with van der Waals surface area (Å²) >= 11 is 0. The standard InChI is InChI=1S/C15H17NO/c17-11-12-6-7-13-9-16(10-14(13)8-12)15-4-2-1-3-5-15/h1-5,11-12H,6-10H2. The Hall–Kier alpha value is -1.57. The average molecular weight is 227 g/mol. The van der Waals surface area contributed by atoms with Crippen LogP contribution < -0.4 is 4.90 Å². The molecule has 1 unspecified atom stereocenters. The highest BCUT2D eigenvalue weighted by Crippen LogP contribution is 2.35. The number of hydrogen-bond acceptors (Lipinski definition) is 2. The van der Waals surface area contributed by atoms with Gasteiger partial charge in [0.05, 0.1) is 0 Å². The number of rotatable bonds is 2. The zero-order valence-electron chi connectivity index (χ0n) is 9.93. The molecule has 2 heteroatoms. The first-order chi connectivity index (χ1) is 8.36. The van der Waals surface area contributed by atoms with Gasteiger partial charge in [0.25, 0.3) is 0 Å². The van der Waals surface area contributed by atoms with E-state index in [0.717, 1.165) is 38.6 Å². The Morgan fingerprint density at radius 3 is 2.65 bits per heavy atom. The molecule has 0 fully saturated rings. The molecule has 0 N–H and O–H groups in total.